The van der Waals surface area contributed by atoms with Gasteiger partial charge in [-0.05, 0) is 105 Å². The second-order valence-corrected chi connectivity index (χ2v) is 13.2. The highest BCUT2D eigenvalue weighted by Gasteiger charge is 2.23. The summed E-state index contributed by atoms with van der Waals surface area (Å²) in [7, 11) is 0. The lowest BCUT2D eigenvalue weighted by molar-refractivity contribution is 0.669. The number of fused-ring (bicyclic) bond motifs is 10. The Bertz CT molecular complexity index is 3400. The molecule has 0 saturated heterocycles. The van der Waals surface area contributed by atoms with Crippen molar-refractivity contribution in [2.45, 2.75) is 0 Å². The first-order valence-electron chi connectivity index (χ1n) is 19.7. The number of hydrogen-bond acceptors (Lipinski definition) is 1. The summed E-state index contributed by atoms with van der Waals surface area (Å²) < 4.78 is 50.0. The largest absolute Gasteiger partial charge is 0.456 e. The fourth-order valence-electron chi connectivity index (χ4n) is 8.37. The maximum atomic E-state index is 8.97. The molecule has 1 heterocycles. The van der Waals surface area contributed by atoms with Crippen molar-refractivity contribution in [2.24, 2.45) is 0 Å². The number of benzene rings is 10. The van der Waals surface area contributed by atoms with E-state index in [4.69, 9.17) is 11.3 Å². The van der Waals surface area contributed by atoms with Crippen LogP contribution in [-0.2, 0) is 0 Å². The predicted molar refractivity (Wildman–Crippen MR) is 218 cm³/mol. The first-order valence-corrected chi connectivity index (χ1v) is 17.2. The standard InChI is InChI=1S/C50H30O/c1-2-13-31(14-3-1)34-29-44(50-46(30-34)51-45-28-26-33-16-5-7-18-36(33)49(45)50)48-42-21-10-8-19-40(42)47(41-20-9-11-22-43(41)48)39-24-12-23-37-35-17-6-4-15-32(35)25-27-38(37)39/h1-30H/i1D,2D,3D,13D,14D. The molecule has 1 nitrogen and oxygen atoms in total. The topological polar surface area (TPSA) is 13.1 Å². The van der Waals surface area contributed by atoms with Gasteiger partial charge in [0.2, 0.25) is 0 Å². The van der Waals surface area contributed by atoms with Crippen molar-refractivity contribution in [1.82, 2.24) is 0 Å². The molecular formula is C50H30O. The van der Waals surface area contributed by atoms with Crippen molar-refractivity contribution in [3.8, 4) is 33.4 Å². The molecule has 1 aromatic heterocycles. The molecule has 0 radical (unpaired) electrons. The van der Waals surface area contributed by atoms with Gasteiger partial charge < -0.3 is 4.42 Å². The highest BCUT2D eigenvalue weighted by molar-refractivity contribution is 6.30. The molecule has 11 rings (SSSR count). The maximum Gasteiger partial charge on any atom is 0.136 e. The Morgan fingerprint density at radius 1 is 0.353 bits per heavy atom. The zero-order chi connectivity index (χ0) is 37.8. The van der Waals surface area contributed by atoms with Gasteiger partial charge in [0.15, 0.2) is 0 Å². The minimum atomic E-state index is -0.422. The Morgan fingerprint density at radius 2 is 0.922 bits per heavy atom. The van der Waals surface area contributed by atoms with Gasteiger partial charge in [0.25, 0.3) is 0 Å². The van der Waals surface area contributed by atoms with Crippen LogP contribution in [0, 0.1) is 0 Å². The van der Waals surface area contributed by atoms with Crippen LogP contribution in [0.3, 0.4) is 0 Å². The van der Waals surface area contributed by atoms with E-state index in [0.717, 1.165) is 65.3 Å². The molecule has 0 saturated carbocycles. The van der Waals surface area contributed by atoms with E-state index in [1.807, 2.05) is 30.3 Å². The third kappa shape index (κ3) is 4.16. The lowest BCUT2D eigenvalue weighted by Crippen LogP contribution is -1.93. The Kier molecular flexibility index (Phi) is 5.05. The van der Waals surface area contributed by atoms with Crippen LogP contribution in [-0.4, -0.2) is 0 Å². The van der Waals surface area contributed by atoms with Gasteiger partial charge in [-0.15, -0.1) is 0 Å². The van der Waals surface area contributed by atoms with Crippen LogP contribution in [0.5, 0.6) is 0 Å². The molecule has 0 unspecified atom stereocenters. The van der Waals surface area contributed by atoms with Crippen molar-refractivity contribution in [3.05, 3.63) is 182 Å². The van der Waals surface area contributed by atoms with Crippen LogP contribution in [0.2, 0.25) is 0 Å². The van der Waals surface area contributed by atoms with E-state index in [9.17, 15) is 0 Å². The van der Waals surface area contributed by atoms with Gasteiger partial charge in [-0.2, -0.15) is 0 Å². The first kappa shape index (κ1) is 23.6. The molecule has 0 N–H and O–H groups in total. The Hall–Kier alpha value is -6.70. The smallest absolute Gasteiger partial charge is 0.136 e. The van der Waals surface area contributed by atoms with Crippen LogP contribution in [0.4, 0.5) is 0 Å². The van der Waals surface area contributed by atoms with Crippen molar-refractivity contribution >= 4 is 75.8 Å². The average molecular weight is 652 g/mol. The van der Waals surface area contributed by atoms with Gasteiger partial charge in [-0.1, -0.05) is 164 Å². The Balaban J connectivity index is 1.33. The van der Waals surface area contributed by atoms with Crippen LogP contribution in [0.25, 0.3) is 109 Å². The van der Waals surface area contributed by atoms with Gasteiger partial charge in [0.1, 0.15) is 11.2 Å². The number of furan rings is 1. The summed E-state index contributed by atoms with van der Waals surface area (Å²) in [6, 6.07) is 51.1. The molecule has 0 fully saturated rings. The van der Waals surface area contributed by atoms with Crippen molar-refractivity contribution in [2.75, 3.05) is 0 Å². The van der Waals surface area contributed by atoms with Crippen molar-refractivity contribution in [3.63, 3.8) is 0 Å². The fourth-order valence-corrected chi connectivity index (χ4v) is 8.37. The summed E-state index contributed by atoms with van der Waals surface area (Å²) in [5.41, 5.74) is 6.05. The number of rotatable bonds is 3. The van der Waals surface area contributed by atoms with E-state index < -0.39 is 6.04 Å². The van der Waals surface area contributed by atoms with E-state index >= 15 is 0 Å². The van der Waals surface area contributed by atoms with E-state index in [2.05, 4.69) is 121 Å². The van der Waals surface area contributed by atoms with Gasteiger partial charge >= 0.3 is 0 Å². The predicted octanol–water partition coefficient (Wildman–Crippen LogP) is 14.4. The van der Waals surface area contributed by atoms with Crippen LogP contribution in [0.15, 0.2) is 186 Å². The maximum absolute atomic E-state index is 8.97. The fraction of sp³-hybridized carbons (Fsp3) is 0. The second kappa shape index (κ2) is 10.9. The normalized spacial score (nSPS) is 13.3. The van der Waals surface area contributed by atoms with E-state index in [0.29, 0.717) is 16.7 Å². The van der Waals surface area contributed by atoms with Gasteiger partial charge in [-0.3, -0.25) is 0 Å². The molecule has 236 valence electrons. The van der Waals surface area contributed by atoms with Gasteiger partial charge in [0, 0.05) is 10.8 Å². The van der Waals surface area contributed by atoms with Gasteiger partial charge in [0.05, 0.1) is 6.85 Å². The van der Waals surface area contributed by atoms with Crippen molar-refractivity contribution in [1.29, 1.82) is 0 Å². The molecular weight excluding hydrogens is 617 g/mol. The molecule has 0 atom stereocenters. The Labute approximate surface area is 301 Å². The molecule has 0 spiro atoms. The summed E-state index contributed by atoms with van der Waals surface area (Å²) in [5, 5.41) is 13.0. The summed E-state index contributed by atoms with van der Waals surface area (Å²) >= 11 is 0. The molecule has 0 bridgehead atoms. The first-order chi connectivity index (χ1) is 27.4. The lowest BCUT2D eigenvalue weighted by Gasteiger charge is -2.20. The highest BCUT2D eigenvalue weighted by Crippen LogP contribution is 2.50. The minimum Gasteiger partial charge on any atom is -0.456 e. The van der Waals surface area contributed by atoms with Crippen LogP contribution >= 0.6 is 0 Å². The SMILES string of the molecule is [2H]c1c([2H])c([2H])c(-c2cc(-c3c4ccccc4c(-c4cccc5c4ccc4ccccc45)c4ccccc34)c3c(c2)oc2ccc4ccccc4c23)c([2H])c1[2H]. The van der Waals surface area contributed by atoms with E-state index in [1.165, 1.54) is 21.5 Å². The summed E-state index contributed by atoms with van der Waals surface area (Å²) in [6.07, 6.45) is 0. The van der Waals surface area contributed by atoms with Crippen LogP contribution in [0.1, 0.15) is 6.85 Å². The van der Waals surface area contributed by atoms with Gasteiger partial charge in [-0.25, -0.2) is 0 Å². The van der Waals surface area contributed by atoms with Crippen LogP contribution < -0.4 is 0 Å². The van der Waals surface area contributed by atoms with Crippen molar-refractivity contribution < 1.29 is 11.3 Å². The summed E-state index contributed by atoms with van der Waals surface area (Å²) in [5.74, 6) is 0. The van der Waals surface area contributed by atoms with E-state index in [-0.39, 0.29) is 29.7 Å². The second-order valence-electron chi connectivity index (χ2n) is 13.2. The molecule has 0 aliphatic carbocycles. The molecule has 0 amide bonds. The van der Waals surface area contributed by atoms with E-state index in [1.54, 1.807) is 0 Å². The minimum absolute atomic E-state index is 0.137. The number of hydrogen-bond donors (Lipinski definition) is 0. The average Bonchev–Trinajstić information content (AvgIpc) is 3.63. The zero-order valence-corrected chi connectivity index (χ0v) is 27.3. The molecule has 0 aliphatic rings. The summed E-state index contributed by atoms with van der Waals surface area (Å²) in [4.78, 5) is 0. The molecule has 1 heteroatoms. The zero-order valence-electron chi connectivity index (χ0n) is 32.3. The molecule has 11 aromatic rings. The molecule has 51 heavy (non-hydrogen) atoms. The monoisotopic (exact) mass is 651 g/mol. The lowest BCUT2D eigenvalue weighted by atomic mass is 9.83. The third-order valence-electron chi connectivity index (χ3n) is 10.5. The molecule has 0 aliphatic heterocycles. The highest BCUT2D eigenvalue weighted by atomic mass is 16.3. The summed E-state index contributed by atoms with van der Waals surface area (Å²) in [6.45, 7) is 0. The molecule has 10 aromatic carbocycles. The Morgan fingerprint density at radius 3 is 1.63 bits per heavy atom. The quantitative estimate of drug-likeness (QED) is 0.137. The third-order valence-corrected chi connectivity index (χ3v) is 10.5.